The maximum atomic E-state index is 4.46. The van der Waals surface area contributed by atoms with Gasteiger partial charge < -0.3 is 0 Å². The molecule has 6 aromatic rings. The van der Waals surface area contributed by atoms with Gasteiger partial charge in [-0.05, 0) is 48.5 Å². The molecule has 0 atom stereocenters. The average molecular weight is 525 g/mol. The van der Waals surface area contributed by atoms with Crippen molar-refractivity contribution in [1.82, 2.24) is 29.9 Å². The van der Waals surface area contributed by atoms with Gasteiger partial charge in [0.25, 0.3) is 0 Å². The zero-order valence-electron chi connectivity index (χ0n) is 19.7. The van der Waals surface area contributed by atoms with Crippen molar-refractivity contribution < 1.29 is 16.8 Å². The maximum Gasteiger partial charge on any atom is 0.0796 e. The van der Waals surface area contributed by atoms with Gasteiger partial charge in [0.2, 0.25) is 0 Å². The third-order valence-corrected chi connectivity index (χ3v) is 5.43. The summed E-state index contributed by atoms with van der Waals surface area (Å²) < 4.78 is 0. The second-order valence-electron chi connectivity index (χ2n) is 7.77. The molecule has 0 spiro atoms. The fourth-order valence-corrected chi connectivity index (χ4v) is 3.79. The Balaban J connectivity index is 0.000000168. The Kier molecular flexibility index (Phi) is 8.90. The van der Waals surface area contributed by atoms with E-state index in [2.05, 4.69) is 29.9 Å². The van der Waals surface area contributed by atoms with E-state index in [0.29, 0.717) is 0 Å². The van der Waals surface area contributed by atoms with Gasteiger partial charge in [0, 0.05) is 112 Å². The molecule has 0 fully saturated rings. The Morgan fingerprint density at radius 3 is 1.00 bits per heavy atom. The Bertz CT molecular complexity index is 1280. The van der Waals surface area contributed by atoms with Gasteiger partial charge in [-0.1, -0.05) is 24.3 Å². The molecular weight excluding hydrogens is 503 g/mol. The molecule has 6 nitrogen and oxygen atoms in total. The number of rotatable bonds is 4. The second-order valence-corrected chi connectivity index (χ2v) is 7.77. The van der Waals surface area contributed by atoms with Crippen LogP contribution < -0.4 is 0 Å². The summed E-state index contributed by atoms with van der Waals surface area (Å²) >= 11 is 0. The van der Waals surface area contributed by atoms with E-state index >= 15 is 0 Å². The van der Waals surface area contributed by atoms with Crippen LogP contribution in [0.25, 0.3) is 44.8 Å². The molecular formula is C30H22CoN6. The Morgan fingerprint density at radius 2 is 0.676 bits per heavy atom. The molecule has 6 aromatic heterocycles. The third kappa shape index (κ3) is 6.35. The molecule has 0 saturated heterocycles. The monoisotopic (exact) mass is 525 g/mol. The summed E-state index contributed by atoms with van der Waals surface area (Å²) in [4.78, 5) is 25.5. The van der Waals surface area contributed by atoms with E-state index in [0.717, 1.165) is 44.8 Å². The van der Waals surface area contributed by atoms with Crippen LogP contribution >= 0.6 is 0 Å². The predicted octanol–water partition coefficient (Wildman–Crippen LogP) is 6.41. The predicted molar refractivity (Wildman–Crippen MR) is 141 cm³/mol. The molecule has 0 saturated carbocycles. The third-order valence-electron chi connectivity index (χ3n) is 5.43. The number of hydrogen-bond donors (Lipinski definition) is 0. The molecule has 181 valence electrons. The van der Waals surface area contributed by atoms with Gasteiger partial charge in [0.15, 0.2) is 0 Å². The molecule has 0 aliphatic heterocycles. The Hall–Kier alpha value is -4.59. The van der Waals surface area contributed by atoms with Gasteiger partial charge in [0.05, 0.1) is 11.4 Å². The molecule has 0 bridgehead atoms. The van der Waals surface area contributed by atoms with Gasteiger partial charge in [-0.3, -0.25) is 29.9 Å². The van der Waals surface area contributed by atoms with Crippen LogP contribution in [0.4, 0.5) is 0 Å². The van der Waals surface area contributed by atoms with Gasteiger partial charge in [-0.2, -0.15) is 0 Å². The van der Waals surface area contributed by atoms with Crippen LogP contribution in [0.5, 0.6) is 0 Å². The zero-order valence-corrected chi connectivity index (χ0v) is 20.8. The molecule has 0 aliphatic rings. The number of aromatic nitrogens is 6. The number of hydrogen-bond acceptors (Lipinski definition) is 6. The van der Waals surface area contributed by atoms with Gasteiger partial charge >= 0.3 is 0 Å². The van der Waals surface area contributed by atoms with E-state index in [1.54, 1.807) is 37.2 Å². The second kappa shape index (κ2) is 12.9. The standard InChI is InChI=1S/2C15H11N3.Co/c2*1-4-12(10-16-7-1)14-6-3-9-18-15(14)13-5-2-8-17-11-13;/h2*1-11H;. The van der Waals surface area contributed by atoms with Crippen molar-refractivity contribution in [1.29, 1.82) is 0 Å². The van der Waals surface area contributed by atoms with Crippen LogP contribution in [0.15, 0.2) is 135 Å². The summed E-state index contributed by atoms with van der Waals surface area (Å²) in [6.45, 7) is 0. The first-order valence-corrected chi connectivity index (χ1v) is 11.4. The Morgan fingerprint density at radius 1 is 0.351 bits per heavy atom. The fourth-order valence-electron chi connectivity index (χ4n) is 3.79. The molecule has 37 heavy (non-hydrogen) atoms. The summed E-state index contributed by atoms with van der Waals surface area (Å²) in [6, 6.07) is 23.7. The first kappa shape index (κ1) is 25.5. The Labute approximate surface area is 225 Å². The normalized spacial score (nSPS) is 9.95. The maximum absolute atomic E-state index is 4.46. The minimum atomic E-state index is 0. The summed E-state index contributed by atoms with van der Waals surface area (Å²) in [5.74, 6) is 0. The molecule has 1 radical (unpaired) electrons. The molecule has 0 aliphatic carbocycles. The largest absolute Gasteiger partial charge is 0.264 e. The van der Waals surface area contributed by atoms with E-state index < -0.39 is 0 Å². The quantitative estimate of drug-likeness (QED) is 0.265. The van der Waals surface area contributed by atoms with Crippen molar-refractivity contribution in [3.8, 4) is 44.8 Å². The molecule has 0 unspecified atom stereocenters. The van der Waals surface area contributed by atoms with Crippen LogP contribution in [-0.2, 0) is 16.8 Å². The SMILES string of the molecule is [Co].c1cncc(-c2cccnc2-c2cccnc2)c1.c1cncc(-c2cccnc2-c2cccnc2)c1. The van der Waals surface area contributed by atoms with Crippen LogP contribution in [-0.4, -0.2) is 29.9 Å². The van der Waals surface area contributed by atoms with Crippen molar-refractivity contribution in [2.45, 2.75) is 0 Å². The minimum Gasteiger partial charge on any atom is -0.264 e. The van der Waals surface area contributed by atoms with Crippen molar-refractivity contribution >= 4 is 0 Å². The van der Waals surface area contributed by atoms with Crippen molar-refractivity contribution in [2.24, 2.45) is 0 Å². The summed E-state index contributed by atoms with van der Waals surface area (Å²) in [5.41, 5.74) is 8.14. The van der Waals surface area contributed by atoms with Crippen molar-refractivity contribution in [2.75, 3.05) is 0 Å². The molecule has 7 heteroatoms. The topological polar surface area (TPSA) is 77.3 Å². The first-order chi connectivity index (χ1) is 17.9. The molecule has 0 amide bonds. The summed E-state index contributed by atoms with van der Waals surface area (Å²) in [5, 5.41) is 0. The van der Waals surface area contributed by atoms with E-state index in [1.165, 1.54) is 0 Å². The van der Waals surface area contributed by atoms with Crippen molar-refractivity contribution in [3.05, 3.63) is 135 Å². The van der Waals surface area contributed by atoms with E-state index in [4.69, 9.17) is 0 Å². The van der Waals surface area contributed by atoms with Crippen LogP contribution in [0.1, 0.15) is 0 Å². The van der Waals surface area contributed by atoms with Gasteiger partial charge in [-0.25, -0.2) is 0 Å². The zero-order chi connectivity index (χ0) is 24.4. The van der Waals surface area contributed by atoms with E-state index in [1.807, 2.05) is 97.6 Å². The average Bonchev–Trinajstić information content (AvgIpc) is 2.99. The first-order valence-electron chi connectivity index (χ1n) is 11.4. The smallest absolute Gasteiger partial charge is 0.0796 e. The number of nitrogens with zero attached hydrogens (tertiary/aromatic N) is 6. The molecule has 0 aromatic carbocycles. The van der Waals surface area contributed by atoms with E-state index in [-0.39, 0.29) is 16.8 Å². The van der Waals surface area contributed by atoms with Crippen LogP contribution in [0.3, 0.4) is 0 Å². The van der Waals surface area contributed by atoms with Gasteiger partial charge in [-0.15, -0.1) is 0 Å². The molecule has 6 rings (SSSR count). The van der Waals surface area contributed by atoms with Gasteiger partial charge in [0.1, 0.15) is 0 Å². The van der Waals surface area contributed by atoms with Crippen LogP contribution in [0.2, 0.25) is 0 Å². The minimum absolute atomic E-state index is 0. The summed E-state index contributed by atoms with van der Waals surface area (Å²) in [6.07, 6.45) is 18.0. The fraction of sp³-hybridized carbons (Fsp3) is 0. The van der Waals surface area contributed by atoms with E-state index in [9.17, 15) is 0 Å². The molecule has 6 heterocycles. The molecule has 0 N–H and O–H groups in total. The summed E-state index contributed by atoms with van der Waals surface area (Å²) in [7, 11) is 0. The number of pyridine rings is 6. The van der Waals surface area contributed by atoms with Crippen molar-refractivity contribution in [3.63, 3.8) is 0 Å². The van der Waals surface area contributed by atoms with Crippen LogP contribution in [0, 0.1) is 0 Å².